The Labute approximate surface area is 111 Å². The minimum Gasteiger partial charge on any atom is -0.476 e. The molecule has 0 aliphatic carbocycles. The first kappa shape index (κ1) is 15.0. The van der Waals surface area contributed by atoms with Crippen LogP contribution < -0.4 is 11.1 Å². The summed E-state index contributed by atoms with van der Waals surface area (Å²) in [5.74, 6) is -1.44. The van der Waals surface area contributed by atoms with E-state index in [1.807, 2.05) is 20.8 Å². The van der Waals surface area contributed by atoms with Gasteiger partial charge in [0.25, 0.3) is 0 Å². The molecule has 0 fully saturated rings. The summed E-state index contributed by atoms with van der Waals surface area (Å²) in [6.07, 6.45) is 2.14. The molecule has 1 atom stereocenters. The van der Waals surface area contributed by atoms with Gasteiger partial charge in [-0.05, 0) is 27.2 Å². The molecule has 1 rings (SSSR count). The average Bonchev–Trinajstić information content (AvgIpc) is 2.69. The van der Waals surface area contributed by atoms with Crippen molar-refractivity contribution >= 4 is 17.6 Å². The van der Waals surface area contributed by atoms with Crippen LogP contribution in [-0.4, -0.2) is 32.3 Å². The number of anilines is 1. The second-order valence-electron chi connectivity index (χ2n) is 5.12. The molecular formula is C12H20N4O3. The first-order chi connectivity index (χ1) is 8.68. The summed E-state index contributed by atoms with van der Waals surface area (Å²) in [4.78, 5) is 22.9. The number of carbonyl (C=O) groups is 2. The fourth-order valence-electron chi connectivity index (χ4n) is 1.42. The lowest BCUT2D eigenvalue weighted by Gasteiger charge is -2.26. The summed E-state index contributed by atoms with van der Waals surface area (Å²) >= 11 is 0. The highest BCUT2D eigenvalue weighted by Crippen LogP contribution is 2.15. The van der Waals surface area contributed by atoms with Crippen molar-refractivity contribution in [2.75, 3.05) is 5.73 Å². The number of aromatic carboxylic acids is 1. The molecule has 1 unspecified atom stereocenters. The molecule has 7 nitrogen and oxygen atoms in total. The molecule has 1 aromatic rings. The van der Waals surface area contributed by atoms with Gasteiger partial charge >= 0.3 is 5.97 Å². The number of hydrogen-bond acceptors (Lipinski definition) is 4. The smallest absolute Gasteiger partial charge is 0.358 e. The zero-order valence-electron chi connectivity index (χ0n) is 11.6. The van der Waals surface area contributed by atoms with Gasteiger partial charge in [-0.1, -0.05) is 6.92 Å². The first-order valence-corrected chi connectivity index (χ1v) is 6.08. The molecule has 0 aliphatic heterocycles. The van der Waals surface area contributed by atoms with Crippen LogP contribution in [0.2, 0.25) is 0 Å². The lowest BCUT2D eigenvalue weighted by Crippen LogP contribution is -2.45. The Morgan fingerprint density at radius 1 is 1.58 bits per heavy atom. The average molecular weight is 268 g/mol. The van der Waals surface area contributed by atoms with Gasteiger partial charge in [-0.25, -0.2) is 4.79 Å². The maximum atomic E-state index is 12.0. The standard InChI is InChI=1S/C12H20N4O3/c1-5-12(3,4)14-10(17)7(2)16-6-8(13)9(15-16)11(18)19/h6-7H,5,13H2,1-4H3,(H,14,17)(H,18,19). The Hall–Kier alpha value is -2.05. The van der Waals surface area contributed by atoms with E-state index in [2.05, 4.69) is 10.4 Å². The first-order valence-electron chi connectivity index (χ1n) is 6.08. The highest BCUT2D eigenvalue weighted by atomic mass is 16.4. The number of aromatic nitrogens is 2. The van der Waals surface area contributed by atoms with Gasteiger partial charge in [0, 0.05) is 11.7 Å². The fourth-order valence-corrected chi connectivity index (χ4v) is 1.42. The molecular weight excluding hydrogens is 248 g/mol. The van der Waals surface area contributed by atoms with Crippen LogP contribution in [0, 0.1) is 0 Å². The molecule has 0 aromatic carbocycles. The number of nitrogens with one attached hydrogen (secondary N) is 1. The molecule has 19 heavy (non-hydrogen) atoms. The Morgan fingerprint density at radius 2 is 2.16 bits per heavy atom. The van der Waals surface area contributed by atoms with Gasteiger partial charge in [-0.2, -0.15) is 5.10 Å². The Kier molecular flexibility index (Phi) is 4.18. The molecule has 106 valence electrons. The quantitative estimate of drug-likeness (QED) is 0.738. The predicted molar refractivity (Wildman–Crippen MR) is 70.8 cm³/mol. The SMILES string of the molecule is CCC(C)(C)NC(=O)C(C)n1cc(N)c(C(=O)O)n1. The Morgan fingerprint density at radius 3 is 2.58 bits per heavy atom. The zero-order valence-corrected chi connectivity index (χ0v) is 11.6. The van der Waals surface area contributed by atoms with Crippen molar-refractivity contribution in [2.45, 2.75) is 45.7 Å². The molecule has 0 radical (unpaired) electrons. The summed E-state index contributed by atoms with van der Waals surface area (Å²) in [7, 11) is 0. The van der Waals surface area contributed by atoms with E-state index in [0.29, 0.717) is 0 Å². The number of nitrogen functional groups attached to an aromatic ring is 1. The summed E-state index contributed by atoms with van der Waals surface area (Å²) in [6.45, 7) is 7.44. The van der Waals surface area contributed by atoms with Gasteiger partial charge in [0.15, 0.2) is 5.69 Å². The van der Waals surface area contributed by atoms with Gasteiger partial charge < -0.3 is 16.2 Å². The second-order valence-corrected chi connectivity index (χ2v) is 5.12. The van der Waals surface area contributed by atoms with E-state index in [1.54, 1.807) is 6.92 Å². The minimum atomic E-state index is -1.21. The van der Waals surface area contributed by atoms with E-state index in [0.717, 1.165) is 6.42 Å². The van der Waals surface area contributed by atoms with Gasteiger partial charge in [0.1, 0.15) is 6.04 Å². The van der Waals surface area contributed by atoms with Gasteiger partial charge in [0.05, 0.1) is 5.69 Å². The highest BCUT2D eigenvalue weighted by Gasteiger charge is 2.25. The molecule has 0 aliphatic rings. The highest BCUT2D eigenvalue weighted by molar-refractivity contribution is 5.91. The minimum absolute atomic E-state index is 0.0434. The number of amides is 1. The third-order valence-electron chi connectivity index (χ3n) is 3.08. The number of nitrogens with two attached hydrogens (primary N) is 1. The number of hydrogen-bond donors (Lipinski definition) is 3. The maximum absolute atomic E-state index is 12.0. The van der Waals surface area contributed by atoms with Crippen LogP contribution in [0.5, 0.6) is 0 Å². The Bertz CT molecular complexity index is 493. The lowest BCUT2D eigenvalue weighted by atomic mass is 10.0. The molecule has 7 heteroatoms. The van der Waals surface area contributed by atoms with Crippen LogP contribution in [0.25, 0.3) is 0 Å². The van der Waals surface area contributed by atoms with E-state index in [9.17, 15) is 9.59 Å². The van der Waals surface area contributed by atoms with Crippen LogP contribution in [0.3, 0.4) is 0 Å². The van der Waals surface area contributed by atoms with Crippen LogP contribution in [0.1, 0.15) is 50.6 Å². The van der Waals surface area contributed by atoms with Crippen LogP contribution >= 0.6 is 0 Å². The molecule has 1 amide bonds. The summed E-state index contributed by atoms with van der Waals surface area (Å²) in [6, 6.07) is -0.624. The van der Waals surface area contributed by atoms with Gasteiger partial charge in [-0.15, -0.1) is 0 Å². The number of nitrogens with zero attached hydrogens (tertiary/aromatic N) is 2. The monoisotopic (exact) mass is 268 g/mol. The van der Waals surface area contributed by atoms with E-state index >= 15 is 0 Å². The summed E-state index contributed by atoms with van der Waals surface area (Å²) in [5.41, 5.74) is 5.02. The van der Waals surface area contributed by atoms with Crippen molar-refractivity contribution in [1.82, 2.24) is 15.1 Å². The molecule has 0 saturated heterocycles. The third kappa shape index (κ3) is 3.46. The van der Waals surface area contributed by atoms with E-state index in [-0.39, 0.29) is 22.8 Å². The van der Waals surface area contributed by atoms with E-state index in [4.69, 9.17) is 10.8 Å². The van der Waals surface area contributed by atoms with Crippen molar-refractivity contribution < 1.29 is 14.7 Å². The number of carboxylic acids is 1. The van der Waals surface area contributed by atoms with Crippen LogP contribution in [-0.2, 0) is 4.79 Å². The maximum Gasteiger partial charge on any atom is 0.358 e. The van der Waals surface area contributed by atoms with Crippen LogP contribution in [0.15, 0.2) is 6.20 Å². The summed E-state index contributed by atoms with van der Waals surface area (Å²) < 4.78 is 1.26. The number of carboxylic acid groups (broad SMARTS) is 1. The van der Waals surface area contributed by atoms with Crippen molar-refractivity contribution in [3.8, 4) is 0 Å². The summed E-state index contributed by atoms with van der Waals surface area (Å²) in [5, 5.41) is 15.6. The van der Waals surface area contributed by atoms with E-state index in [1.165, 1.54) is 10.9 Å². The van der Waals surface area contributed by atoms with Crippen molar-refractivity contribution in [3.05, 3.63) is 11.9 Å². The number of rotatable bonds is 5. The van der Waals surface area contributed by atoms with Gasteiger partial charge in [-0.3, -0.25) is 9.48 Å². The predicted octanol–water partition coefficient (Wildman–Crippen LogP) is 1.03. The molecule has 1 heterocycles. The van der Waals surface area contributed by atoms with Crippen molar-refractivity contribution in [2.24, 2.45) is 0 Å². The normalized spacial score (nSPS) is 13.1. The Balaban J connectivity index is 2.89. The largest absolute Gasteiger partial charge is 0.476 e. The molecule has 0 spiro atoms. The van der Waals surface area contributed by atoms with Gasteiger partial charge in [0.2, 0.25) is 5.91 Å². The molecule has 0 saturated carbocycles. The van der Waals surface area contributed by atoms with Crippen LogP contribution in [0.4, 0.5) is 5.69 Å². The lowest BCUT2D eigenvalue weighted by molar-refractivity contribution is -0.125. The zero-order chi connectivity index (χ0) is 14.8. The number of carbonyl (C=O) groups excluding carboxylic acids is 1. The molecule has 4 N–H and O–H groups in total. The third-order valence-corrected chi connectivity index (χ3v) is 3.08. The van der Waals surface area contributed by atoms with E-state index < -0.39 is 12.0 Å². The fraction of sp³-hybridized carbons (Fsp3) is 0.583. The van der Waals surface area contributed by atoms with Crippen molar-refractivity contribution in [1.29, 1.82) is 0 Å². The molecule has 0 bridgehead atoms. The second kappa shape index (κ2) is 5.29. The molecule has 1 aromatic heterocycles. The van der Waals surface area contributed by atoms with Crippen molar-refractivity contribution in [3.63, 3.8) is 0 Å². The topological polar surface area (TPSA) is 110 Å².